The van der Waals surface area contributed by atoms with Crippen molar-refractivity contribution in [1.82, 2.24) is 10.6 Å². The molecule has 28 heavy (non-hydrogen) atoms. The zero-order chi connectivity index (χ0) is 20.2. The Morgan fingerprint density at radius 1 is 1.11 bits per heavy atom. The lowest BCUT2D eigenvalue weighted by molar-refractivity contribution is 0.146. The summed E-state index contributed by atoms with van der Waals surface area (Å²) in [6.07, 6.45) is 3.06. The average molecular weight is 393 g/mol. The monoisotopic (exact) mass is 392 g/mol. The number of anilines is 1. The van der Waals surface area contributed by atoms with E-state index in [0.717, 1.165) is 81.8 Å². The summed E-state index contributed by atoms with van der Waals surface area (Å²) in [6, 6.07) is 6.47. The van der Waals surface area contributed by atoms with Crippen LogP contribution < -0.4 is 25.0 Å². The second-order valence-corrected chi connectivity index (χ2v) is 6.79. The minimum Gasteiger partial charge on any atom is -0.497 e. The summed E-state index contributed by atoms with van der Waals surface area (Å²) >= 11 is 0. The summed E-state index contributed by atoms with van der Waals surface area (Å²) in [5.41, 5.74) is 1.14. The Balaban J connectivity index is 1.87. The maximum absolute atomic E-state index is 5.40. The second kappa shape index (κ2) is 12.3. The number of nitrogens with zero attached hydrogens (tertiary/aromatic N) is 2. The molecule has 0 unspecified atom stereocenters. The molecule has 0 spiro atoms. The maximum atomic E-state index is 5.40. The van der Waals surface area contributed by atoms with E-state index in [1.807, 2.05) is 13.0 Å². The van der Waals surface area contributed by atoms with Crippen LogP contribution in [-0.4, -0.2) is 65.6 Å². The quantitative estimate of drug-likeness (QED) is 0.363. The molecule has 0 saturated carbocycles. The van der Waals surface area contributed by atoms with Gasteiger partial charge in [-0.3, -0.25) is 4.99 Å². The number of benzene rings is 1. The van der Waals surface area contributed by atoms with Crippen molar-refractivity contribution in [2.45, 2.75) is 39.2 Å². The lowest BCUT2D eigenvalue weighted by atomic mass is 10.0. The van der Waals surface area contributed by atoms with Crippen molar-refractivity contribution >= 4 is 11.6 Å². The van der Waals surface area contributed by atoms with Crippen molar-refractivity contribution in [2.75, 3.05) is 58.5 Å². The number of nitrogens with one attached hydrogen (secondary N) is 2. The van der Waals surface area contributed by atoms with E-state index in [4.69, 9.17) is 14.2 Å². The topological polar surface area (TPSA) is 67.4 Å². The molecule has 2 N–H and O–H groups in total. The fourth-order valence-corrected chi connectivity index (χ4v) is 3.27. The predicted molar refractivity (Wildman–Crippen MR) is 115 cm³/mol. The van der Waals surface area contributed by atoms with Crippen LogP contribution in [0, 0.1) is 0 Å². The van der Waals surface area contributed by atoms with Crippen molar-refractivity contribution in [3.63, 3.8) is 0 Å². The summed E-state index contributed by atoms with van der Waals surface area (Å²) < 4.78 is 16.2. The third-order valence-corrected chi connectivity index (χ3v) is 4.80. The molecule has 1 aliphatic heterocycles. The molecule has 0 radical (unpaired) electrons. The molecule has 1 aromatic carbocycles. The number of methoxy groups -OCH3 is 2. The normalized spacial score (nSPS) is 15.4. The van der Waals surface area contributed by atoms with Crippen LogP contribution >= 0.6 is 0 Å². The molecule has 158 valence electrons. The standard InChI is InChI=1S/C21H36N4O3/c1-5-22-21(23-10-7-13-28-6-2)24-17-8-11-25(12-9-17)18-14-19(26-3)16-20(15-18)27-4/h14-17H,5-13H2,1-4H3,(H2,22,23,24). The van der Waals surface area contributed by atoms with Gasteiger partial charge in [-0.25, -0.2) is 0 Å². The number of hydrogen-bond donors (Lipinski definition) is 2. The third kappa shape index (κ3) is 7.11. The van der Waals surface area contributed by atoms with Crippen LogP contribution in [0.2, 0.25) is 0 Å². The molecule has 1 saturated heterocycles. The molecular formula is C21H36N4O3. The van der Waals surface area contributed by atoms with Gasteiger partial charge >= 0.3 is 0 Å². The minimum absolute atomic E-state index is 0.424. The molecule has 1 aromatic rings. The Labute approximate surface area is 169 Å². The van der Waals surface area contributed by atoms with E-state index < -0.39 is 0 Å². The molecular weight excluding hydrogens is 356 g/mol. The number of hydrogen-bond acceptors (Lipinski definition) is 5. The molecule has 0 amide bonds. The molecule has 0 bridgehead atoms. The SMILES string of the molecule is CCNC(=NCCCOCC)NC1CCN(c2cc(OC)cc(OC)c2)CC1. The minimum atomic E-state index is 0.424. The number of aliphatic imine (C=N–C) groups is 1. The summed E-state index contributed by atoms with van der Waals surface area (Å²) in [5.74, 6) is 2.55. The van der Waals surface area contributed by atoms with Crippen molar-refractivity contribution in [1.29, 1.82) is 0 Å². The summed E-state index contributed by atoms with van der Waals surface area (Å²) in [7, 11) is 3.37. The van der Waals surface area contributed by atoms with Crippen LogP contribution in [-0.2, 0) is 4.74 Å². The van der Waals surface area contributed by atoms with Gasteiger partial charge in [0.1, 0.15) is 11.5 Å². The molecule has 0 atom stereocenters. The van der Waals surface area contributed by atoms with Crippen LogP contribution in [0.5, 0.6) is 11.5 Å². The number of rotatable bonds is 10. The number of guanidine groups is 1. The molecule has 1 fully saturated rings. The van der Waals surface area contributed by atoms with Gasteiger partial charge in [-0.15, -0.1) is 0 Å². The Kier molecular flexibility index (Phi) is 9.76. The van der Waals surface area contributed by atoms with Gasteiger partial charge in [-0.2, -0.15) is 0 Å². The first kappa shape index (κ1) is 22.1. The van der Waals surface area contributed by atoms with Crippen molar-refractivity contribution in [3.05, 3.63) is 18.2 Å². The van der Waals surface area contributed by atoms with Crippen LogP contribution in [0.3, 0.4) is 0 Å². The summed E-state index contributed by atoms with van der Waals surface area (Å²) in [6.45, 7) is 9.24. The van der Waals surface area contributed by atoms with Gasteiger partial charge in [0, 0.05) is 69.3 Å². The van der Waals surface area contributed by atoms with Crippen molar-refractivity contribution in [2.24, 2.45) is 4.99 Å². The average Bonchev–Trinajstić information content (AvgIpc) is 2.73. The van der Waals surface area contributed by atoms with Gasteiger partial charge in [0.2, 0.25) is 0 Å². The Morgan fingerprint density at radius 2 is 1.79 bits per heavy atom. The van der Waals surface area contributed by atoms with Crippen molar-refractivity contribution < 1.29 is 14.2 Å². The molecule has 0 aliphatic carbocycles. The lowest BCUT2D eigenvalue weighted by Crippen LogP contribution is -2.48. The van der Waals surface area contributed by atoms with Gasteiger partial charge in [-0.1, -0.05) is 0 Å². The van der Waals surface area contributed by atoms with Gasteiger partial charge in [0.25, 0.3) is 0 Å². The van der Waals surface area contributed by atoms with E-state index in [1.165, 1.54) is 0 Å². The first-order chi connectivity index (χ1) is 13.7. The third-order valence-electron chi connectivity index (χ3n) is 4.80. The highest BCUT2D eigenvalue weighted by atomic mass is 16.5. The van der Waals surface area contributed by atoms with E-state index in [0.29, 0.717) is 6.04 Å². The molecule has 7 heteroatoms. The van der Waals surface area contributed by atoms with Gasteiger partial charge in [0.05, 0.1) is 14.2 Å². The van der Waals surface area contributed by atoms with Gasteiger partial charge in [0.15, 0.2) is 5.96 Å². The highest BCUT2D eigenvalue weighted by Gasteiger charge is 2.21. The molecule has 0 aromatic heterocycles. The van der Waals surface area contributed by atoms with Gasteiger partial charge in [-0.05, 0) is 33.1 Å². The van der Waals surface area contributed by atoms with Crippen LogP contribution in [0.4, 0.5) is 5.69 Å². The molecule has 1 heterocycles. The van der Waals surface area contributed by atoms with E-state index in [2.05, 4.69) is 39.6 Å². The van der Waals surface area contributed by atoms with Crippen LogP contribution in [0.1, 0.15) is 33.1 Å². The number of ether oxygens (including phenoxy) is 3. The molecule has 1 aliphatic rings. The lowest BCUT2D eigenvalue weighted by Gasteiger charge is -2.34. The Morgan fingerprint density at radius 3 is 2.36 bits per heavy atom. The van der Waals surface area contributed by atoms with E-state index in [1.54, 1.807) is 14.2 Å². The van der Waals surface area contributed by atoms with Crippen LogP contribution in [0.25, 0.3) is 0 Å². The van der Waals surface area contributed by atoms with Crippen LogP contribution in [0.15, 0.2) is 23.2 Å². The Hall–Kier alpha value is -2.15. The van der Waals surface area contributed by atoms with Gasteiger partial charge < -0.3 is 29.7 Å². The van der Waals surface area contributed by atoms with Crippen molar-refractivity contribution in [3.8, 4) is 11.5 Å². The Bertz CT molecular complexity index is 579. The predicted octanol–water partition coefficient (Wildman–Crippen LogP) is 2.65. The summed E-state index contributed by atoms with van der Waals surface area (Å²) in [5, 5.41) is 6.93. The second-order valence-electron chi connectivity index (χ2n) is 6.79. The highest BCUT2D eigenvalue weighted by molar-refractivity contribution is 5.80. The highest BCUT2D eigenvalue weighted by Crippen LogP contribution is 2.30. The van der Waals surface area contributed by atoms with E-state index in [9.17, 15) is 0 Å². The molecule has 2 rings (SSSR count). The van der Waals surface area contributed by atoms with E-state index >= 15 is 0 Å². The fraction of sp³-hybridized carbons (Fsp3) is 0.667. The zero-order valence-corrected chi connectivity index (χ0v) is 17.8. The first-order valence-electron chi connectivity index (χ1n) is 10.3. The van der Waals surface area contributed by atoms with E-state index in [-0.39, 0.29) is 0 Å². The smallest absolute Gasteiger partial charge is 0.191 e. The first-order valence-corrected chi connectivity index (χ1v) is 10.3. The molecule has 7 nitrogen and oxygen atoms in total. The largest absolute Gasteiger partial charge is 0.497 e. The maximum Gasteiger partial charge on any atom is 0.191 e. The zero-order valence-electron chi connectivity index (χ0n) is 17.8. The fourth-order valence-electron chi connectivity index (χ4n) is 3.27. The summed E-state index contributed by atoms with van der Waals surface area (Å²) in [4.78, 5) is 7.05. The number of piperidine rings is 1.